The van der Waals surface area contributed by atoms with Gasteiger partial charge in [-0.05, 0) is 18.4 Å². The second-order valence-electron chi connectivity index (χ2n) is 5.03. The van der Waals surface area contributed by atoms with Crippen LogP contribution in [-0.2, 0) is 11.2 Å². The van der Waals surface area contributed by atoms with E-state index in [1.54, 1.807) is 11.3 Å². The Kier molecular flexibility index (Phi) is 4.97. The van der Waals surface area contributed by atoms with E-state index in [-0.39, 0.29) is 0 Å². The molecule has 2 heterocycles. The number of anilines is 1. The normalized spacial score (nSPS) is 14.8. The molecular weight excluding hydrogens is 282 g/mol. The Morgan fingerprint density at radius 2 is 2.10 bits per heavy atom. The molecular formula is C16H19N3OS. The van der Waals surface area contributed by atoms with Gasteiger partial charge in [0.1, 0.15) is 5.01 Å². The highest BCUT2D eigenvalue weighted by Gasteiger charge is 2.06. The van der Waals surface area contributed by atoms with Gasteiger partial charge < -0.3 is 10.1 Å². The van der Waals surface area contributed by atoms with Crippen LogP contribution in [0.4, 0.5) is 5.13 Å². The Morgan fingerprint density at radius 1 is 1.19 bits per heavy atom. The van der Waals surface area contributed by atoms with Crippen molar-refractivity contribution in [2.24, 2.45) is 0 Å². The quantitative estimate of drug-likeness (QED) is 0.832. The first-order valence-corrected chi connectivity index (χ1v) is 8.07. The highest BCUT2D eigenvalue weighted by atomic mass is 32.1. The Hall–Kier alpha value is -1.72. The molecule has 1 aliphatic heterocycles. The zero-order valence-electron chi connectivity index (χ0n) is 11.9. The SMILES string of the molecule is C1=C(CCNc2nnc(Cc3ccccc3)s2)CCOC1. The van der Waals surface area contributed by atoms with E-state index in [1.165, 1.54) is 11.1 Å². The van der Waals surface area contributed by atoms with Crippen molar-refractivity contribution in [1.29, 1.82) is 0 Å². The van der Waals surface area contributed by atoms with E-state index in [1.807, 2.05) is 6.07 Å². The number of hydrogen-bond acceptors (Lipinski definition) is 5. The van der Waals surface area contributed by atoms with Crippen molar-refractivity contribution in [1.82, 2.24) is 10.2 Å². The van der Waals surface area contributed by atoms with Crippen molar-refractivity contribution in [3.05, 3.63) is 52.6 Å². The highest BCUT2D eigenvalue weighted by molar-refractivity contribution is 7.15. The molecule has 5 heteroatoms. The van der Waals surface area contributed by atoms with Crippen molar-refractivity contribution < 1.29 is 4.74 Å². The van der Waals surface area contributed by atoms with Crippen LogP contribution >= 0.6 is 11.3 Å². The molecule has 1 N–H and O–H groups in total. The molecule has 0 aliphatic carbocycles. The van der Waals surface area contributed by atoms with Crippen LogP contribution in [0.25, 0.3) is 0 Å². The lowest BCUT2D eigenvalue weighted by Crippen LogP contribution is -2.08. The van der Waals surface area contributed by atoms with E-state index in [4.69, 9.17) is 4.74 Å². The van der Waals surface area contributed by atoms with Crippen LogP contribution in [0, 0.1) is 0 Å². The maximum Gasteiger partial charge on any atom is 0.205 e. The summed E-state index contributed by atoms with van der Waals surface area (Å²) >= 11 is 1.64. The molecule has 1 aromatic carbocycles. The van der Waals surface area contributed by atoms with E-state index >= 15 is 0 Å². The number of ether oxygens (including phenoxy) is 1. The highest BCUT2D eigenvalue weighted by Crippen LogP contribution is 2.19. The van der Waals surface area contributed by atoms with Gasteiger partial charge in [-0.1, -0.05) is 53.3 Å². The summed E-state index contributed by atoms with van der Waals surface area (Å²) in [4.78, 5) is 0. The second kappa shape index (κ2) is 7.33. The number of rotatable bonds is 6. The molecule has 0 fully saturated rings. The average Bonchev–Trinajstić information content (AvgIpc) is 2.97. The summed E-state index contributed by atoms with van der Waals surface area (Å²) in [5.41, 5.74) is 2.75. The van der Waals surface area contributed by atoms with Gasteiger partial charge in [-0.25, -0.2) is 0 Å². The Labute approximate surface area is 128 Å². The topological polar surface area (TPSA) is 47.0 Å². The fourth-order valence-electron chi connectivity index (χ4n) is 2.29. The van der Waals surface area contributed by atoms with E-state index in [9.17, 15) is 0 Å². The van der Waals surface area contributed by atoms with Crippen molar-refractivity contribution >= 4 is 16.5 Å². The van der Waals surface area contributed by atoms with Crippen molar-refractivity contribution in [3.8, 4) is 0 Å². The van der Waals surface area contributed by atoms with Gasteiger partial charge in [0, 0.05) is 13.0 Å². The molecule has 0 saturated carbocycles. The Balaban J connectivity index is 1.47. The van der Waals surface area contributed by atoms with Crippen LogP contribution in [0.2, 0.25) is 0 Å². The predicted octanol–water partition coefficient (Wildman–Crippen LogP) is 3.28. The van der Waals surface area contributed by atoms with Crippen LogP contribution in [0.3, 0.4) is 0 Å². The van der Waals surface area contributed by atoms with E-state index in [0.717, 1.165) is 49.2 Å². The lowest BCUT2D eigenvalue weighted by atomic mass is 10.1. The fourth-order valence-corrected chi connectivity index (χ4v) is 3.09. The molecule has 0 saturated heterocycles. The van der Waals surface area contributed by atoms with Crippen molar-refractivity contribution in [3.63, 3.8) is 0 Å². The van der Waals surface area contributed by atoms with Crippen molar-refractivity contribution in [2.45, 2.75) is 19.3 Å². The first-order chi connectivity index (χ1) is 10.4. The number of hydrogen-bond donors (Lipinski definition) is 1. The lowest BCUT2D eigenvalue weighted by molar-refractivity contribution is 0.153. The number of nitrogens with one attached hydrogen (secondary N) is 1. The Morgan fingerprint density at radius 3 is 2.90 bits per heavy atom. The lowest BCUT2D eigenvalue weighted by Gasteiger charge is -2.13. The molecule has 0 atom stereocenters. The molecule has 1 aromatic heterocycles. The van der Waals surface area contributed by atoms with E-state index in [0.29, 0.717) is 0 Å². The van der Waals surface area contributed by atoms with Gasteiger partial charge >= 0.3 is 0 Å². The fraction of sp³-hybridized carbons (Fsp3) is 0.375. The van der Waals surface area contributed by atoms with Gasteiger partial charge in [0.05, 0.1) is 13.2 Å². The largest absolute Gasteiger partial charge is 0.377 e. The van der Waals surface area contributed by atoms with Gasteiger partial charge in [0.2, 0.25) is 5.13 Å². The maximum atomic E-state index is 5.31. The Bertz CT molecular complexity index is 595. The number of nitrogens with zero attached hydrogens (tertiary/aromatic N) is 2. The number of aromatic nitrogens is 2. The van der Waals surface area contributed by atoms with Crippen LogP contribution in [-0.4, -0.2) is 30.0 Å². The summed E-state index contributed by atoms with van der Waals surface area (Å²) in [6, 6.07) is 10.4. The summed E-state index contributed by atoms with van der Waals surface area (Å²) in [6.07, 6.45) is 5.14. The number of benzene rings is 1. The van der Waals surface area contributed by atoms with Gasteiger partial charge in [0.25, 0.3) is 0 Å². The molecule has 0 bridgehead atoms. The van der Waals surface area contributed by atoms with Gasteiger partial charge in [-0.2, -0.15) is 0 Å². The molecule has 0 radical (unpaired) electrons. The minimum Gasteiger partial charge on any atom is -0.377 e. The molecule has 3 rings (SSSR count). The average molecular weight is 301 g/mol. The summed E-state index contributed by atoms with van der Waals surface area (Å²) in [7, 11) is 0. The summed E-state index contributed by atoms with van der Waals surface area (Å²) in [6.45, 7) is 2.52. The monoisotopic (exact) mass is 301 g/mol. The van der Waals surface area contributed by atoms with E-state index < -0.39 is 0 Å². The van der Waals surface area contributed by atoms with Crippen LogP contribution in [0.5, 0.6) is 0 Å². The molecule has 0 amide bonds. The third-order valence-corrected chi connectivity index (χ3v) is 4.33. The predicted molar refractivity (Wildman–Crippen MR) is 85.8 cm³/mol. The zero-order valence-corrected chi connectivity index (χ0v) is 12.7. The summed E-state index contributed by atoms with van der Waals surface area (Å²) in [5, 5.41) is 13.8. The van der Waals surface area contributed by atoms with E-state index in [2.05, 4.69) is 45.9 Å². The molecule has 110 valence electrons. The first kappa shape index (κ1) is 14.2. The molecule has 0 spiro atoms. The van der Waals surface area contributed by atoms with Gasteiger partial charge in [-0.3, -0.25) is 0 Å². The first-order valence-electron chi connectivity index (χ1n) is 7.26. The van der Waals surface area contributed by atoms with Gasteiger partial charge in [0.15, 0.2) is 0 Å². The third-order valence-electron chi connectivity index (χ3n) is 3.44. The smallest absolute Gasteiger partial charge is 0.205 e. The van der Waals surface area contributed by atoms with Crippen LogP contribution in [0.1, 0.15) is 23.4 Å². The molecule has 21 heavy (non-hydrogen) atoms. The standard InChI is InChI=1S/C16H19N3OS/c1-2-4-14(5-3-1)12-15-18-19-16(21-15)17-9-6-13-7-10-20-11-8-13/h1-5,7H,6,8-12H2,(H,17,19). The molecule has 2 aromatic rings. The zero-order chi connectivity index (χ0) is 14.3. The van der Waals surface area contributed by atoms with Gasteiger partial charge in [-0.15, -0.1) is 10.2 Å². The minimum atomic E-state index is 0.759. The molecule has 0 unspecified atom stereocenters. The summed E-state index contributed by atoms with van der Waals surface area (Å²) < 4.78 is 5.31. The van der Waals surface area contributed by atoms with Crippen molar-refractivity contribution in [2.75, 3.05) is 25.1 Å². The second-order valence-corrected chi connectivity index (χ2v) is 6.09. The van der Waals surface area contributed by atoms with Crippen LogP contribution in [0.15, 0.2) is 42.0 Å². The molecule has 1 aliphatic rings. The third kappa shape index (κ3) is 4.37. The summed E-state index contributed by atoms with van der Waals surface area (Å²) in [5.74, 6) is 0. The minimum absolute atomic E-state index is 0.759. The van der Waals surface area contributed by atoms with Crippen LogP contribution < -0.4 is 5.32 Å². The maximum absolute atomic E-state index is 5.31. The molecule has 4 nitrogen and oxygen atoms in total.